The van der Waals surface area contributed by atoms with Gasteiger partial charge in [-0.1, -0.05) is 30.3 Å². The topological polar surface area (TPSA) is 49.4 Å². The van der Waals surface area contributed by atoms with Gasteiger partial charge in [0.1, 0.15) is 0 Å². The molecule has 0 radical (unpaired) electrons. The van der Waals surface area contributed by atoms with E-state index in [1.54, 1.807) is 18.2 Å². The smallest absolute Gasteiger partial charge is 0.243 e. The average molecular weight is 322 g/mol. The predicted molar refractivity (Wildman–Crippen MR) is 96.6 cm³/mol. The molecule has 0 aromatic heterocycles. The van der Waals surface area contributed by atoms with Gasteiger partial charge in [-0.15, -0.1) is 0 Å². The van der Waals surface area contributed by atoms with Gasteiger partial charge in [0, 0.05) is 17.3 Å². The number of ketones is 1. The molecule has 1 atom stereocenters. The molecule has 4 nitrogen and oxygen atoms in total. The Bertz CT molecular complexity index is 770. The first-order valence-corrected chi connectivity index (χ1v) is 8.30. The number of benzene rings is 2. The van der Waals surface area contributed by atoms with E-state index in [-0.39, 0.29) is 18.2 Å². The normalized spacial score (nSPS) is 16.4. The number of fused-ring (bicyclic) bond motifs is 1. The van der Waals surface area contributed by atoms with Crippen LogP contribution in [0.5, 0.6) is 0 Å². The van der Waals surface area contributed by atoms with Crippen molar-refractivity contribution in [3.63, 3.8) is 0 Å². The molecule has 3 rings (SSSR count). The number of hydrogen-bond acceptors (Lipinski definition) is 3. The summed E-state index contributed by atoms with van der Waals surface area (Å²) in [7, 11) is 0. The number of nitrogens with zero attached hydrogens (tertiary/aromatic N) is 1. The molecular weight excluding hydrogens is 300 g/mol. The number of para-hydroxylation sites is 2. The van der Waals surface area contributed by atoms with E-state index < -0.39 is 0 Å². The maximum absolute atomic E-state index is 12.5. The molecule has 1 amide bonds. The third kappa shape index (κ3) is 3.32. The highest BCUT2D eigenvalue weighted by molar-refractivity contribution is 6.04. The number of aryl methyl sites for hydroxylation is 1. The first-order valence-electron chi connectivity index (χ1n) is 8.30. The maximum Gasteiger partial charge on any atom is 0.243 e. The van der Waals surface area contributed by atoms with E-state index in [1.807, 2.05) is 18.2 Å². The maximum atomic E-state index is 12.5. The summed E-state index contributed by atoms with van der Waals surface area (Å²) in [6, 6.07) is 15.7. The Labute approximate surface area is 142 Å². The fourth-order valence-corrected chi connectivity index (χ4v) is 3.24. The second-order valence-electron chi connectivity index (χ2n) is 6.29. The molecule has 1 aliphatic rings. The third-order valence-corrected chi connectivity index (χ3v) is 4.56. The van der Waals surface area contributed by atoms with Crippen LogP contribution in [0.2, 0.25) is 0 Å². The standard InChI is InChI=1S/C20H22N2O2/c1-14-11-12-16-7-3-6-10-19(16)22(14)13-20(24)21-18-9-5-4-8-17(18)15(2)23/h3-10,14H,11-13H2,1-2H3,(H,21,24)/t14-/m1/s1. The summed E-state index contributed by atoms with van der Waals surface area (Å²) in [5, 5.41) is 2.89. The zero-order valence-electron chi connectivity index (χ0n) is 14.1. The Balaban J connectivity index is 1.77. The van der Waals surface area contributed by atoms with Crippen LogP contribution in [0.3, 0.4) is 0 Å². The van der Waals surface area contributed by atoms with Crippen LogP contribution in [-0.2, 0) is 11.2 Å². The Kier molecular flexibility index (Phi) is 4.65. The summed E-state index contributed by atoms with van der Waals surface area (Å²) in [6.45, 7) is 3.94. The van der Waals surface area contributed by atoms with Gasteiger partial charge in [-0.3, -0.25) is 9.59 Å². The van der Waals surface area contributed by atoms with Gasteiger partial charge in [-0.25, -0.2) is 0 Å². The number of rotatable bonds is 4. The van der Waals surface area contributed by atoms with Gasteiger partial charge in [0.15, 0.2) is 5.78 Å². The van der Waals surface area contributed by atoms with Crippen LogP contribution in [0.25, 0.3) is 0 Å². The molecule has 2 aromatic rings. The fourth-order valence-electron chi connectivity index (χ4n) is 3.24. The number of nitrogens with one attached hydrogen (secondary N) is 1. The molecule has 4 heteroatoms. The van der Waals surface area contributed by atoms with Crippen molar-refractivity contribution in [2.45, 2.75) is 32.7 Å². The third-order valence-electron chi connectivity index (χ3n) is 4.56. The highest BCUT2D eigenvalue weighted by atomic mass is 16.2. The summed E-state index contributed by atoms with van der Waals surface area (Å²) >= 11 is 0. The molecule has 1 aliphatic heterocycles. The predicted octanol–water partition coefficient (Wildman–Crippen LogP) is 3.67. The lowest BCUT2D eigenvalue weighted by atomic mass is 9.96. The average Bonchev–Trinajstić information content (AvgIpc) is 2.58. The van der Waals surface area contributed by atoms with Crippen LogP contribution in [0.4, 0.5) is 11.4 Å². The number of anilines is 2. The van der Waals surface area contributed by atoms with Gasteiger partial charge in [0.25, 0.3) is 0 Å². The van der Waals surface area contributed by atoms with Crippen molar-refractivity contribution in [1.29, 1.82) is 0 Å². The first-order chi connectivity index (χ1) is 11.6. The van der Waals surface area contributed by atoms with Crippen LogP contribution in [0.1, 0.15) is 36.2 Å². The minimum atomic E-state index is -0.104. The molecular formula is C20H22N2O2. The Morgan fingerprint density at radius 3 is 2.62 bits per heavy atom. The van der Waals surface area contributed by atoms with Crippen LogP contribution in [-0.4, -0.2) is 24.3 Å². The van der Waals surface area contributed by atoms with E-state index in [0.717, 1.165) is 18.5 Å². The van der Waals surface area contributed by atoms with Crippen molar-refractivity contribution in [1.82, 2.24) is 0 Å². The van der Waals surface area contributed by atoms with Gasteiger partial charge < -0.3 is 10.2 Å². The van der Waals surface area contributed by atoms with Crippen LogP contribution < -0.4 is 10.2 Å². The summed E-state index contributed by atoms with van der Waals surface area (Å²) in [6.07, 6.45) is 2.08. The minimum Gasteiger partial charge on any atom is -0.359 e. The molecule has 1 N–H and O–H groups in total. The number of Topliss-reactive ketones (excluding diaryl/α,β-unsaturated/α-hetero) is 1. The van der Waals surface area contributed by atoms with E-state index in [0.29, 0.717) is 17.3 Å². The highest BCUT2D eigenvalue weighted by Crippen LogP contribution is 2.30. The lowest BCUT2D eigenvalue weighted by Gasteiger charge is -2.36. The molecule has 24 heavy (non-hydrogen) atoms. The van der Waals surface area contributed by atoms with Crippen molar-refractivity contribution >= 4 is 23.1 Å². The molecule has 2 aromatic carbocycles. The zero-order valence-corrected chi connectivity index (χ0v) is 14.1. The van der Waals surface area contributed by atoms with Crippen molar-refractivity contribution in [3.8, 4) is 0 Å². The number of carbonyl (C=O) groups excluding carboxylic acids is 2. The first kappa shape index (κ1) is 16.2. The molecule has 0 spiro atoms. The number of carbonyl (C=O) groups is 2. The van der Waals surface area contributed by atoms with E-state index in [2.05, 4.69) is 29.3 Å². The number of amides is 1. The summed E-state index contributed by atoms with van der Waals surface area (Å²) in [4.78, 5) is 26.4. The van der Waals surface area contributed by atoms with Gasteiger partial charge in [0.2, 0.25) is 5.91 Å². The quantitative estimate of drug-likeness (QED) is 0.874. The summed E-state index contributed by atoms with van der Waals surface area (Å²) < 4.78 is 0. The van der Waals surface area contributed by atoms with E-state index in [4.69, 9.17) is 0 Å². The Morgan fingerprint density at radius 2 is 1.83 bits per heavy atom. The molecule has 0 fully saturated rings. The van der Waals surface area contributed by atoms with Gasteiger partial charge in [0.05, 0.1) is 12.2 Å². The van der Waals surface area contributed by atoms with Crippen molar-refractivity contribution in [2.24, 2.45) is 0 Å². The van der Waals surface area contributed by atoms with Crippen LogP contribution in [0.15, 0.2) is 48.5 Å². The lowest BCUT2D eigenvalue weighted by Crippen LogP contribution is -2.42. The molecule has 0 saturated heterocycles. The lowest BCUT2D eigenvalue weighted by molar-refractivity contribution is -0.115. The monoisotopic (exact) mass is 322 g/mol. The van der Waals surface area contributed by atoms with Gasteiger partial charge in [-0.2, -0.15) is 0 Å². The molecule has 0 bridgehead atoms. The number of hydrogen-bond donors (Lipinski definition) is 1. The van der Waals surface area contributed by atoms with Gasteiger partial charge >= 0.3 is 0 Å². The van der Waals surface area contributed by atoms with E-state index >= 15 is 0 Å². The summed E-state index contributed by atoms with van der Waals surface area (Å²) in [5.74, 6) is -0.158. The van der Waals surface area contributed by atoms with Crippen molar-refractivity contribution in [2.75, 3.05) is 16.8 Å². The van der Waals surface area contributed by atoms with Crippen molar-refractivity contribution in [3.05, 3.63) is 59.7 Å². The zero-order chi connectivity index (χ0) is 17.1. The minimum absolute atomic E-state index is 0.0532. The molecule has 0 saturated carbocycles. The van der Waals surface area contributed by atoms with Crippen molar-refractivity contribution < 1.29 is 9.59 Å². The molecule has 0 aliphatic carbocycles. The van der Waals surface area contributed by atoms with E-state index in [1.165, 1.54) is 12.5 Å². The molecule has 1 heterocycles. The Hall–Kier alpha value is -2.62. The second-order valence-corrected chi connectivity index (χ2v) is 6.29. The fraction of sp³-hybridized carbons (Fsp3) is 0.300. The Morgan fingerprint density at radius 1 is 1.12 bits per heavy atom. The highest BCUT2D eigenvalue weighted by Gasteiger charge is 2.24. The molecule has 124 valence electrons. The van der Waals surface area contributed by atoms with E-state index in [9.17, 15) is 9.59 Å². The molecule has 0 unspecified atom stereocenters. The SMILES string of the molecule is CC(=O)c1ccccc1NC(=O)CN1c2ccccc2CC[C@H]1C. The van der Waals surface area contributed by atoms with Crippen LogP contribution >= 0.6 is 0 Å². The second kappa shape index (κ2) is 6.87. The largest absolute Gasteiger partial charge is 0.359 e. The summed E-state index contributed by atoms with van der Waals surface area (Å²) in [5.41, 5.74) is 3.53. The van der Waals surface area contributed by atoms with Gasteiger partial charge in [-0.05, 0) is 50.5 Å². The van der Waals surface area contributed by atoms with Crippen LogP contribution in [0, 0.1) is 0 Å².